The second kappa shape index (κ2) is 6.92. The van der Waals surface area contributed by atoms with Gasteiger partial charge in [-0.1, -0.05) is 23.7 Å². The van der Waals surface area contributed by atoms with Crippen molar-refractivity contribution < 1.29 is 9.18 Å². The van der Waals surface area contributed by atoms with Crippen LogP contribution in [0.4, 0.5) is 10.1 Å². The van der Waals surface area contributed by atoms with E-state index in [1.165, 1.54) is 11.0 Å². The van der Waals surface area contributed by atoms with E-state index in [0.717, 1.165) is 23.2 Å². The number of amides is 1. The van der Waals surface area contributed by atoms with Gasteiger partial charge in [-0.25, -0.2) is 9.07 Å². The first-order valence-corrected chi connectivity index (χ1v) is 8.87. The highest BCUT2D eigenvalue weighted by molar-refractivity contribution is 6.32. The normalized spacial score (nSPS) is 13.5. The zero-order valence-electron chi connectivity index (χ0n) is 14.0. The van der Waals surface area contributed by atoms with E-state index in [2.05, 4.69) is 5.10 Å². The van der Waals surface area contributed by atoms with Gasteiger partial charge < -0.3 is 4.90 Å². The van der Waals surface area contributed by atoms with Crippen LogP contribution < -0.4 is 4.90 Å². The summed E-state index contributed by atoms with van der Waals surface area (Å²) in [7, 11) is 0. The monoisotopic (exact) mass is 369 g/mol. The molecule has 4 rings (SSSR count). The number of halogens is 2. The van der Waals surface area contributed by atoms with Crippen molar-refractivity contribution >= 4 is 23.2 Å². The number of benzene rings is 2. The molecular weight excluding hydrogens is 353 g/mol. The quantitative estimate of drug-likeness (QED) is 0.694. The first kappa shape index (κ1) is 16.8. The Kier molecular flexibility index (Phi) is 4.47. The average Bonchev–Trinajstić information content (AvgIpc) is 3.20. The van der Waals surface area contributed by atoms with Crippen LogP contribution in [-0.2, 0) is 17.6 Å². The third kappa shape index (κ3) is 3.10. The summed E-state index contributed by atoms with van der Waals surface area (Å²) in [5.41, 5.74) is 2.86. The fraction of sp³-hybridized carbons (Fsp3) is 0.200. The van der Waals surface area contributed by atoms with Gasteiger partial charge in [0.15, 0.2) is 0 Å². The highest BCUT2D eigenvalue weighted by Crippen LogP contribution is 2.35. The minimum atomic E-state index is -0.397. The Morgan fingerprint density at radius 2 is 2.00 bits per heavy atom. The fourth-order valence-corrected chi connectivity index (χ4v) is 3.59. The SMILES string of the molecule is O=C(Cc1ccc(-n2cccn2)cc1)N1CCCc2c(Cl)ccc(F)c21. The van der Waals surface area contributed by atoms with E-state index in [4.69, 9.17) is 11.6 Å². The number of anilines is 1. The average molecular weight is 370 g/mol. The van der Waals surface area contributed by atoms with Gasteiger partial charge in [0.2, 0.25) is 5.91 Å². The van der Waals surface area contributed by atoms with E-state index >= 15 is 0 Å². The van der Waals surface area contributed by atoms with Gasteiger partial charge in [0.1, 0.15) is 5.82 Å². The van der Waals surface area contributed by atoms with Crippen molar-refractivity contribution in [2.24, 2.45) is 0 Å². The molecule has 1 aliphatic heterocycles. The van der Waals surface area contributed by atoms with E-state index in [0.29, 0.717) is 23.7 Å². The summed E-state index contributed by atoms with van der Waals surface area (Å²) in [4.78, 5) is 14.3. The first-order chi connectivity index (χ1) is 12.6. The Bertz CT molecular complexity index is 938. The van der Waals surface area contributed by atoms with Gasteiger partial charge in [-0.15, -0.1) is 0 Å². The lowest BCUT2D eigenvalue weighted by Crippen LogP contribution is -2.37. The lowest BCUT2D eigenvalue weighted by atomic mass is 10.00. The van der Waals surface area contributed by atoms with Crippen LogP contribution in [0, 0.1) is 5.82 Å². The minimum absolute atomic E-state index is 0.126. The van der Waals surface area contributed by atoms with Crippen LogP contribution in [0.5, 0.6) is 0 Å². The van der Waals surface area contributed by atoms with E-state index in [9.17, 15) is 9.18 Å². The lowest BCUT2D eigenvalue weighted by molar-refractivity contribution is -0.118. The largest absolute Gasteiger partial charge is 0.309 e. The molecule has 3 aromatic rings. The molecule has 0 saturated heterocycles. The lowest BCUT2D eigenvalue weighted by Gasteiger charge is -2.30. The van der Waals surface area contributed by atoms with Crippen molar-refractivity contribution in [1.82, 2.24) is 9.78 Å². The predicted octanol–water partition coefficient (Wildman–Crippen LogP) is 4.19. The Labute approximate surface area is 155 Å². The van der Waals surface area contributed by atoms with Crippen molar-refractivity contribution in [1.29, 1.82) is 0 Å². The molecule has 0 saturated carbocycles. The second-order valence-corrected chi connectivity index (χ2v) is 6.71. The van der Waals surface area contributed by atoms with Crippen molar-refractivity contribution in [3.8, 4) is 5.69 Å². The molecule has 2 aromatic carbocycles. The predicted molar refractivity (Wildman–Crippen MR) is 99.4 cm³/mol. The van der Waals surface area contributed by atoms with Gasteiger partial charge in [-0.2, -0.15) is 5.10 Å². The Balaban J connectivity index is 1.56. The second-order valence-electron chi connectivity index (χ2n) is 6.30. The zero-order chi connectivity index (χ0) is 18.1. The molecule has 0 fully saturated rings. The first-order valence-electron chi connectivity index (χ1n) is 8.49. The minimum Gasteiger partial charge on any atom is -0.309 e. The van der Waals surface area contributed by atoms with E-state index < -0.39 is 5.82 Å². The van der Waals surface area contributed by atoms with E-state index in [-0.39, 0.29) is 12.3 Å². The number of hydrogen-bond donors (Lipinski definition) is 0. The topological polar surface area (TPSA) is 38.1 Å². The van der Waals surface area contributed by atoms with Gasteiger partial charge in [-0.05, 0) is 54.3 Å². The molecule has 1 amide bonds. The van der Waals surface area contributed by atoms with Crippen LogP contribution in [0.15, 0.2) is 54.9 Å². The van der Waals surface area contributed by atoms with E-state index in [1.54, 1.807) is 16.9 Å². The Morgan fingerprint density at radius 3 is 2.73 bits per heavy atom. The van der Waals surface area contributed by atoms with Crippen molar-refractivity contribution in [2.45, 2.75) is 19.3 Å². The van der Waals surface area contributed by atoms with Gasteiger partial charge in [0, 0.05) is 24.0 Å². The molecule has 6 heteroatoms. The molecule has 0 spiro atoms. The van der Waals surface area contributed by atoms with Crippen LogP contribution in [0.2, 0.25) is 5.02 Å². The molecule has 1 aliphatic rings. The Morgan fingerprint density at radius 1 is 1.19 bits per heavy atom. The fourth-order valence-electron chi connectivity index (χ4n) is 3.35. The molecule has 0 atom stereocenters. The van der Waals surface area contributed by atoms with Crippen LogP contribution in [0.1, 0.15) is 17.5 Å². The number of carbonyl (C=O) groups is 1. The molecule has 0 unspecified atom stereocenters. The molecule has 0 N–H and O–H groups in total. The van der Waals surface area contributed by atoms with Crippen LogP contribution in [0.3, 0.4) is 0 Å². The molecule has 0 bridgehead atoms. The number of nitrogens with zero attached hydrogens (tertiary/aromatic N) is 3. The van der Waals surface area contributed by atoms with Crippen LogP contribution in [-0.4, -0.2) is 22.2 Å². The number of fused-ring (bicyclic) bond motifs is 1. The number of carbonyl (C=O) groups excluding carboxylic acids is 1. The van der Waals surface area contributed by atoms with Crippen LogP contribution >= 0.6 is 11.6 Å². The molecule has 1 aromatic heterocycles. The maximum Gasteiger partial charge on any atom is 0.231 e. The van der Waals surface area contributed by atoms with Crippen molar-refractivity contribution in [3.05, 3.63) is 76.8 Å². The third-order valence-corrected chi connectivity index (χ3v) is 4.97. The van der Waals surface area contributed by atoms with Crippen molar-refractivity contribution in [2.75, 3.05) is 11.4 Å². The molecule has 0 radical (unpaired) electrons. The summed E-state index contributed by atoms with van der Waals surface area (Å²) in [6.07, 6.45) is 5.25. The number of rotatable bonds is 3. The Hall–Kier alpha value is -2.66. The molecular formula is C20H17ClFN3O. The van der Waals surface area contributed by atoms with Gasteiger partial charge in [-0.3, -0.25) is 4.79 Å². The van der Waals surface area contributed by atoms with Gasteiger partial charge in [0.25, 0.3) is 0 Å². The van der Waals surface area contributed by atoms with Gasteiger partial charge in [0.05, 0.1) is 17.8 Å². The van der Waals surface area contributed by atoms with Gasteiger partial charge >= 0.3 is 0 Å². The number of aromatic nitrogens is 2. The molecule has 2 heterocycles. The summed E-state index contributed by atoms with van der Waals surface area (Å²) in [5, 5.41) is 4.70. The zero-order valence-corrected chi connectivity index (χ0v) is 14.8. The summed E-state index contributed by atoms with van der Waals surface area (Å²) >= 11 is 6.20. The maximum absolute atomic E-state index is 14.3. The standard InChI is InChI=1S/C20H17ClFN3O/c21-17-8-9-18(22)20-16(17)3-1-11-24(20)19(26)13-14-4-6-15(7-5-14)25-12-2-10-23-25/h2,4-10,12H,1,3,11,13H2. The summed E-state index contributed by atoms with van der Waals surface area (Å²) in [6, 6.07) is 12.4. The number of hydrogen-bond acceptors (Lipinski definition) is 2. The summed E-state index contributed by atoms with van der Waals surface area (Å²) in [5.74, 6) is -0.523. The molecule has 132 valence electrons. The highest BCUT2D eigenvalue weighted by atomic mass is 35.5. The molecule has 4 nitrogen and oxygen atoms in total. The summed E-state index contributed by atoms with van der Waals surface area (Å²) in [6.45, 7) is 0.508. The highest BCUT2D eigenvalue weighted by Gasteiger charge is 2.27. The smallest absolute Gasteiger partial charge is 0.231 e. The third-order valence-electron chi connectivity index (χ3n) is 4.62. The summed E-state index contributed by atoms with van der Waals surface area (Å²) < 4.78 is 16.1. The molecule has 0 aliphatic carbocycles. The van der Waals surface area contributed by atoms with Crippen molar-refractivity contribution in [3.63, 3.8) is 0 Å². The van der Waals surface area contributed by atoms with Crippen LogP contribution in [0.25, 0.3) is 5.69 Å². The molecule has 26 heavy (non-hydrogen) atoms. The van der Waals surface area contributed by atoms with E-state index in [1.807, 2.05) is 36.5 Å². The maximum atomic E-state index is 14.3.